The fraction of sp³-hybridized carbons (Fsp3) is 0.714. The van der Waals surface area contributed by atoms with E-state index in [-0.39, 0.29) is 13.0 Å². The predicted octanol–water partition coefficient (Wildman–Crippen LogP) is 3.08. The van der Waals surface area contributed by atoms with Crippen molar-refractivity contribution >= 4 is 0 Å². The monoisotopic (exact) mass is 290 g/mol. The van der Waals surface area contributed by atoms with Crippen molar-refractivity contribution in [3.8, 4) is 0 Å². The maximum atomic E-state index is 12.8. The molecule has 3 nitrogen and oxygen atoms in total. The molecule has 0 amide bonds. The molecule has 6 heteroatoms. The van der Waals surface area contributed by atoms with Crippen LogP contribution in [0.2, 0.25) is 0 Å². The zero-order valence-electron chi connectivity index (χ0n) is 11.9. The molecular formula is C14H21F3N2O. The summed E-state index contributed by atoms with van der Waals surface area (Å²) in [6.07, 6.45) is -3.26. The average Bonchev–Trinajstić information content (AvgIpc) is 2.69. The van der Waals surface area contributed by atoms with Crippen LogP contribution in [0.15, 0.2) is 10.5 Å². The van der Waals surface area contributed by atoms with Crippen molar-refractivity contribution in [2.45, 2.75) is 39.0 Å². The molecule has 1 aliphatic rings. The first-order chi connectivity index (χ1) is 9.40. The fourth-order valence-corrected chi connectivity index (χ4v) is 2.69. The number of furan rings is 1. The molecule has 0 saturated carbocycles. The highest BCUT2D eigenvalue weighted by atomic mass is 19.4. The van der Waals surface area contributed by atoms with E-state index < -0.39 is 12.1 Å². The normalized spacial score (nSPS) is 21.4. The Kier molecular flexibility index (Phi) is 4.75. The molecule has 1 fully saturated rings. The SMILES string of the molecule is CNCc1oc(CN2CCCC(C(F)(F)F)C2)cc1C. The maximum Gasteiger partial charge on any atom is 0.393 e. The average molecular weight is 290 g/mol. The Labute approximate surface area is 117 Å². The van der Waals surface area contributed by atoms with Crippen LogP contribution in [-0.4, -0.2) is 31.2 Å². The van der Waals surface area contributed by atoms with E-state index in [0.29, 0.717) is 26.1 Å². The minimum absolute atomic E-state index is 0.0740. The number of rotatable bonds is 4. The quantitative estimate of drug-likeness (QED) is 0.923. The van der Waals surface area contributed by atoms with E-state index in [1.165, 1.54) is 0 Å². The number of aryl methyl sites for hydroxylation is 1. The third kappa shape index (κ3) is 3.76. The van der Waals surface area contributed by atoms with E-state index in [1.54, 1.807) is 0 Å². The predicted molar refractivity (Wildman–Crippen MR) is 70.3 cm³/mol. The fourth-order valence-electron chi connectivity index (χ4n) is 2.69. The number of likely N-dealkylation sites (tertiary alicyclic amines) is 1. The molecule has 1 aromatic heterocycles. The van der Waals surface area contributed by atoms with Gasteiger partial charge in [-0.3, -0.25) is 4.90 Å². The molecule has 1 N–H and O–H groups in total. The first-order valence-electron chi connectivity index (χ1n) is 6.92. The maximum absolute atomic E-state index is 12.8. The minimum atomic E-state index is -4.09. The van der Waals surface area contributed by atoms with E-state index in [4.69, 9.17) is 4.42 Å². The van der Waals surface area contributed by atoms with E-state index in [2.05, 4.69) is 5.32 Å². The third-order valence-electron chi connectivity index (χ3n) is 3.76. The minimum Gasteiger partial charge on any atom is -0.463 e. The summed E-state index contributed by atoms with van der Waals surface area (Å²) in [6.45, 7) is 3.82. The Morgan fingerprint density at radius 1 is 1.45 bits per heavy atom. The highest BCUT2D eigenvalue weighted by Gasteiger charge is 2.41. The Hall–Kier alpha value is -1.01. The smallest absolute Gasteiger partial charge is 0.393 e. The van der Waals surface area contributed by atoms with Gasteiger partial charge in [0.2, 0.25) is 0 Å². The van der Waals surface area contributed by atoms with Gasteiger partial charge in [-0.15, -0.1) is 0 Å². The van der Waals surface area contributed by atoms with Crippen LogP contribution in [0.25, 0.3) is 0 Å². The lowest BCUT2D eigenvalue weighted by atomic mass is 9.97. The molecule has 0 aromatic carbocycles. The van der Waals surface area contributed by atoms with Gasteiger partial charge in [0.05, 0.1) is 19.0 Å². The molecule has 0 radical (unpaired) electrons. The van der Waals surface area contributed by atoms with Gasteiger partial charge in [-0.2, -0.15) is 13.2 Å². The topological polar surface area (TPSA) is 28.4 Å². The summed E-state index contributed by atoms with van der Waals surface area (Å²) >= 11 is 0. The van der Waals surface area contributed by atoms with Gasteiger partial charge in [0, 0.05) is 6.54 Å². The molecule has 2 heterocycles. The second kappa shape index (κ2) is 6.18. The summed E-state index contributed by atoms with van der Waals surface area (Å²) in [5, 5.41) is 3.01. The van der Waals surface area contributed by atoms with Gasteiger partial charge >= 0.3 is 6.18 Å². The molecule has 1 aliphatic heterocycles. The van der Waals surface area contributed by atoms with E-state index in [9.17, 15) is 13.2 Å². The Morgan fingerprint density at radius 2 is 2.20 bits per heavy atom. The molecular weight excluding hydrogens is 269 g/mol. The Balaban J connectivity index is 1.97. The summed E-state index contributed by atoms with van der Waals surface area (Å²) in [6, 6.07) is 1.92. The van der Waals surface area contributed by atoms with Gasteiger partial charge < -0.3 is 9.73 Å². The van der Waals surface area contributed by atoms with Crippen molar-refractivity contribution < 1.29 is 17.6 Å². The molecule has 0 bridgehead atoms. The van der Waals surface area contributed by atoms with Crippen molar-refractivity contribution in [2.75, 3.05) is 20.1 Å². The Morgan fingerprint density at radius 3 is 2.85 bits per heavy atom. The highest BCUT2D eigenvalue weighted by Crippen LogP contribution is 2.33. The number of halogens is 3. The van der Waals surface area contributed by atoms with Crippen LogP contribution >= 0.6 is 0 Å². The van der Waals surface area contributed by atoms with Crippen molar-refractivity contribution in [2.24, 2.45) is 5.92 Å². The van der Waals surface area contributed by atoms with Gasteiger partial charge in [0.1, 0.15) is 11.5 Å². The summed E-state index contributed by atoms with van der Waals surface area (Å²) in [5.74, 6) is 0.395. The molecule has 1 aromatic rings. The number of hydrogen-bond donors (Lipinski definition) is 1. The number of nitrogens with one attached hydrogen (secondary N) is 1. The zero-order chi connectivity index (χ0) is 14.8. The first-order valence-corrected chi connectivity index (χ1v) is 6.92. The van der Waals surface area contributed by atoms with E-state index >= 15 is 0 Å². The molecule has 0 aliphatic carbocycles. The third-order valence-corrected chi connectivity index (χ3v) is 3.76. The van der Waals surface area contributed by atoms with E-state index in [0.717, 1.165) is 17.1 Å². The van der Waals surface area contributed by atoms with E-state index in [1.807, 2.05) is 24.9 Å². The van der Waals surface area contributed by atoms with Crippen LogP contribution in [-0.2, 0) is 13.1 Å². The van der Waals surface area contributed by atoms with Gasteiger partial charge in [-0.05, 0) is 45.0 Å². The lowest BCUT2D eigenvalue weighted by molar-refractivity contribution is -0.187. The van der Waals surface area contributed by atoms with Crippen molar-refractivity contribution in [1.29, 1.82) is 0 Å². The van der Waals surface area contributed by atoms with Crippen molar-refractivity contribution in [3.63, 3.8) is 0 Å². The van der Waals surface area contributed by atoms with Crippen molar-refractivity contribution in [1.82, 2.24) is 10.2 Å². The summed E-state index contributed by atoms with van der Waals surface area (Å²) < 4.78 is 44.0. The number of alkyl halides is 3. The van der Waals surface area contributed by atoms with Crippen molar-refractivity contribution in [3.05, 3.63) is 23.2 Å². The summed E-state index contributed by atoms with van der Waals surface area (Å²) in [5.41, 5.74) is 1.04. The molecule has 20 heavy (non-hydrogen) atoms. The number of nitrogens with zero attached hydrogens (tertiary/aromatic N) is 1. The van der Waals surface area contributed by atoms with Gasteiger partial charge in [0.15, 0.2) is 0 Å². The summed E-state index contributed by atoms with van der Waals surface area (Å²) in [7, 11) is 1.83. The van der Waals surface area contributed by atoms with Crippen LogP contribution in [0.5, 0.6) is 0 Å². The standard InChI is InChI=1S/C14H21F3N2O/c1-10-6-12(20-13(10)7-18-2)9-19-5-3-4-11(8-19)14(15,16)17/h6,11,18H,3-5,7-9H2,1-2H3. The second-order valence-corrected chi connectivity index (χ2v) is 5.47. The van der Waals surface area contributed by atoms with Gasteiger partial charge in [-0.1, -0.05) is 0 Å². The molecule has 2 rings (SSSR count). The first kappa shape index (κ1) is 15.4. The van der Waals surface area contributed by atoms with Crippen LogP contribution in [0, 0.1) is 12.8 Å². The van der Waals surface area contributed by atoms with Gasteiger partial charge in [0.25, 0.3) is 0 Å². The molecule has 0 spiro atoms. The lowest BCUT2D eigenvalue weighted by Crippen LogP contribution is -2.41. The van der Waals surface area contributed by atoms with Gasteiger partial charge in [-0.25, -0.2) is 0 Å². The van der Waals surface area contributed by atoms with Crippen LogP contribution < -0.4 is 5.32 Å². The molecule has 1 unspecified atom stereocenters. The number of piperidine rings is 1. The molecule has 1 atom stereocenters. The summed E-state index contributed by atoms with van der Waals surface area (Å²) in [4.78, 5) is 1.84. The molecule has 114 valence electrons. The zero-order valence-corrected chi connectivity index (χ0v) is 11.9. The number of hydrogen-bond acceptors (Lipinski definition) is 3. The lowest BCUT2D eigenvalue weighted by Gasteiger charge is -2.33. The van der Waals surface area contributed by atoms with Crippen LogP contribution in [0.1, 0.15) is 29.9 Å². The Bertz CT molecular complexity index is 442. The second-order valence-electron chi connectivity index (χ2n) is 5.47. The van der Waals surface area contributed by atoms with Crippen LogP contribution in [0.3, 0.4) is 0 Å². The largest absolute Gasteiger partial charge is 0.463 e. The highest BCUT2D eigenvalue weighted by molar-refractivity contribution is 5.20. The molecule has 1 saturated heterocycles. The van der Waals surface area contributed by atoms with Crippen LogP contribution in [0.4, 0.5) is 13.2 Å².